The Labute approximate surface area is 157 Å². The van der Waals surface area contributed by atoms with Gasteiger partial charge in [0.15, 0.2) is 11.8 Å². The Morgan fingerprint density at radius 2 is 2.23 bits per heavy atom. The number of aromatic amines is 1. The van der Waals surface area contributed by atoms with Gasteiger partial charge < -0.3 is 14.8 Å². The highest BCUT2D eigenvalue weighted by Gasteiger charge is 2.10. The second-order valence-electron chi connectivity index (χ2n) is 6.05. The van der Waals surface area contributed by atoms with Gasteiger partial charge >= 0.3 is 0 Å². The molecule has 2 N–H and O–H groups in total. The fraction of sp³-hybridized carbons (Fsp3) is 0.278. The molecule has 3 rings (SSSR count). The van der Waals surface area contributed by atoms with Crippen LogP contribution in [0.1, 0.15) is 11.3 Å². The number of aryl methyl sites for hydroxylation is 1. The average Bonchev–Trinajstić information content (AvgIpc) is 3.26. The van der Waals surface area contributed by atoms with E-state index >= 15 is 0 Å². The maximum absolute atomic E-state index is 6.06. The topological polar surface area (TPSA) is 74.1 Å². The molecule has 0 spiro atoms. The van der Waals surface area contributed by atoms with Crippen molar-refractivity contribution in [1.82, 2.24) is 30.0 Å². The summed E-state index contributed by atoms with van der Waals surface area (Å²) in [5.41, 5.74) is 3.26. The van der Waals surface area contributed by atoms with Crippen LogP contribution < -0.4 is 5.32 Å². The quantitative estimate of drug-likeness (QED) is 0.534. The van der Waals surface area contributed by atoms with E-state index in [1.54, 1.807) is 7.05 Å². The molecule has 2 aromatic heterocycles. The van der Waals surface area contributed by atoms with Crippen LogP contribution in [0.15, 0.2) is 47.8 Å². The lowest BCUT2D eigenvalue weighted by Gasteiger charge is -2.22. The average molecular weight is 372 g/mol. The van der Waals surface area contributed by atoms with Crippen LogP contribution in [0.2, 0.25) is 5.02 Å². The number of aliphatic imine (C=N–C) groups is 1. The number of H-pyrrole nitrogens is 1. The van der Waals surface area contributed by atoms with E-state index in [4.69, 9.17) is 11.6 Å². The first-order chi connectivity index (χ1) is 12.6. The lowest BCUT2D eigenvalue weighted by molar-refractivity contribution is 0.462. The molecule has 0 aliphatic heterocycles. The van der Waals surface area contributed by atoms with Gasteiger partial charge in [0, 0.05) is 45.1 Å². The molecule has 0 saturated heterocycles. The molecule has 0 aliphatic carbocycles. The molecule has 0 saturated carbocycles. The third kappa shape index (κ3) is 4.23. The normalized spacial score (nSPS) is 11.6. The van der Waals surface area contributed by atoms with Gasteiger partial charge in [-0.1, -0.05) is 29.8 Å². The minimum Gasteiger partial charge on any atom is -0.352 e. The molecule has 0 bridgehead atoms. The molecule has 0 atom stereocenters. The third-order valence-corrected chi connectivity index (χ3v) is 4.32. The highest BCUT2D eigenvalue weighted by molar-refractivity contribution is 6.30. The van der Waals surface area contributed by atoms with E-state index < -0.39 is 0 Å². The van der Waals surface area contributed by atoms with Crippen molar-refractivity contribution in [1.29, 1.82) is 0 Å². The van der Waals surface area contributed by atoms with Gasteiger partial charge in [-0.3, -0.25) is 10.1 Å². The lowest BCUT2D eigenvalue weighted by Crippen LogP contribution is -2.38. The van der Waals surface area contributed by atoms with Crippen LogP contribution in [0.4, 0.5) is 0 Å². The van der Waals surface area contributed by atoms with Gasteiger partial charge in [-0.25, -0.2) is 4.98 Å². The van der Waals surface area contributed by atoms with E-state index in [2.05, 4.69) is 42.5 Å². The first-order valence-corrected chi connectivity index (χ1v) is 8.62. The summed E-state index contributed by atoms with van der Waals surface area (Å²) in [4.78, 5) is 10.6. The third-order valence-electron chi connectivity index (χ3n) is 4.11. The van der Waals surface area contributed by atoms with Crippen LogP contribution in [0.25, 0.3) is 11.4 Å². The Balaban J connectivity index is 1.64. The second-order valence-corrected chi connectivity index (χ2v) is 6.49. The summed E-state index contributed by atoms with van der Waals surface area (Å²) in [6.07, 6.45) is 3.41. The number of guanidine groups is 1. The Morgan fingerprint density at radius 3 is 2.88 bits per heavy atom. The van der Waals surface area contributed by atoms with Crippen molar-refractivity contribution in [2.45, 2.75) is 13.1 Å². The summed E-state index contributed by atoms with van der Waals surface area (Å²) in [6, 6.07) is 10.1. The summed E-state index contributed by atoms with van der Waals surface area (Å²) in [7, 11) is 5.77. The molecule has 3 aromatic rings. The van der Waals surface area contributed by atoms with Gasteiger partial charge in [0.1, 0.15) is 6.33 Å². The largest absolute Gasteiger partial charge is 0.352 e. The van der Waals surface area contributed by atoms with E-state index in [9.17, 15) is 0 Å². The van der Waals surface area contributed by atoms with E-state index in [1.165, 1.54) is 6.33 Å². The molecule has 7 nitrogen and oxygen atoms in total. The maximum Gasteiger partial charge on any atom is 0.194 e. The zero-order chi connectivity index (χ0) is 18.5. The Hall–Kier alpha value is -2.80. The van der Waals surface area contributed by atoms with Gasteiger partial charge in [0.05, 0.1) is 11.6 Å². The number of hydrogen-bond acceptors (Lipinski definition) is 3. The maximum atomic E-state index is 6.06. The fourth-order valence-corrected chi connectivity index (χ4v) is 3.05. The lowest BCUT2D eigenvalue weighted by atomic mass is 10.1. The Bertz CT molecular complexity index is 883. The molecule has 1 aromatic carbocycles. The molecule has 26 heavy (non-hydrogen) atoms. The molecular formula is C18H22ClN7. The highest BCUT2D eigenvalue weighted by Crippen LogP contribution is 2.16. The predicted octanol–water partition coefficient (Wildman–Crippen LogP) is 2.67. The Morgan fingerprint density at radius 1 is 1.38 bits per heavy atom. The van der Waals surface area contributed by atoms with Crippen molar-refractivity contribution in [3.8, 4) is 11.4 Å². The first kappa shape index (κ1) is 18.0. The summed E-state index contributed by atoms with van der Waals surface area (Å²) in [5, 5.41) is 10.9. The molecule has 0 amide bonds. The second kappa shape index (κ2) is 8.05. The molecule has 0 aliphatic rings. The van der Waals surface area contributed by atoms with Crippen molar-refractivity contribution in [2.75, 3.05) is 14.1 Å². The fourth-order valence-electron chi connectivity index (χ4n) is 2.78. The SMILES string of the molecule is CN=C(NCc1cccc(-c2ncn[nH]2)c1)N(C)Cc1cc(Cl)cn1C. The van der Waals surface area contributed by atoms with E-state index in [0.29, 0.717) is 13.1 Å². The van der Waals surface area contributed by atoms with E-state index in [-0.39, 0.29) is 0 Å². The van der Waals surface area contributed by atoms with Crippen LogP contribution in [0.5, 0.6) is 0 Å². The van der Waals surface area contributed by atoms with Crippen LogP contribution in [-0.2, 0) is 20.1 Å². The highest BCUT2D eigenvalue weighted by atomic mass is 35.5. The number of benzene rings is 1. The minimum atomic E-state index is 0.660. The van der Waals surface area contributed by atoms with Crippen molar-refractivity contribution >= 4 is 17.6 Å². The van der Waals surface area contributed by atoms with Crippen LogP contribution in [-0.4, -0.2) is 44.7 Å². The minimum absolute atomic E-state index is 0.660. The Kier molecular flexibility index (Phi) is 5.58. The molecule has 8 heteroatoms. The summed E-state index contributed by atoms with van der Waals surface area (Å²) >= 11 is 6.06. The van der Waals surface area contributed by atoms with Gasteiger partial charge in [-0.2, -0.15) is 5.10 Å². The molecule has 136 valence electrons. The number of aromatic nitrogens is 4. The van der Waals surface area contributed by atoms with Crippen molar-refractivity contribution in [2.24, 2.45) is 12.0 Å². The molecular weight excluding hydrogens is 350 g/mol. The number of rotatable bonds is 5. The number of hydrogen-bond donors (Lipinski definition) is 2. The number of nitrogens with zero attached hydrogens (tertiary/aromatic N) is 5. The standard InChI is InChI=1S/C18H22ClN7/c1-20-18(26(3)11-16-8-15(19)10-25(16)2)21-9-13-5-4-6-14(7-13)17-22-12-23-24-17/h4-8,10,12H,9,11H2,1-3H3,(H,20,21)(H,22,23,24). The van der Waals surface area contributed by atoms with Gasteiger partial charge in [-0.15, -0.1) is 0 Å². The molecule has 0 radical (unpaired) electrons. The van der Waals surface area contributed by atoms with Crippen molar-refractivity contribution < 1.29 is 0 Å². The zero-order valence-corrected chi connectivity index (χ0v) is 15.8. The summed E-state index contributed by atoms with van der Waals surface area (Å²) in [6.45, 7) is 1.37. The number of nitrogens with one attached hydrogen (secondary N) is 2. The van der Waals surface area contributed by atoms with E-state index in [0.717, 1.165) is 33.6 Å². The van der Waals surface area contributed by atoms with Gasteiger partial charge in [0.2, 0.25) is 0 Å². The zero-order valence-electron chi connectivity index (χ0n) is 15.1. The van der Waals surface area contributed by atoms with Crippen molar-refractivity contribution in [3.05, 3.63) is 59.1 Å². The molecule has 2 heterocycles. The summed E-state index contributed by atoms with van der Waals surface area (Å²) < 4.78 is 2.02. The van der Waals surface area contributed by atoms with Crippen LogP contribution in [0.3, 0.4) is 0 Å². The predicted molar refractivity (Wildman–Crippen MR) is 104 cm³/mol. The van der Waals surface area contributed by atoms with Gasteiger partial charge in [-0.05, 0) is 17.7 Å². The van der Waals surface area contributed by atoms with Gasteiger partial charge in [0.25, 0.3) is 0 Å². The smallest absolute Gasteiger partial charge is 0.194 e. The van der Waals surface area contributed by atoms with Crippen molar-refractivity contribution in [3.63, 3.8) is 0 Å². The first-order valence-electron chi connectivity index (χ1n) is 8.24. The molecule has 0 unspecified atom stereocenters. The van der Waals surface area contributed by atoms with Crippen LogP contribution >= 0.6 is 11.6 Å². The van der Waals surface area contributed by atoms with E-state index in [1.807, 2.05) is 43.1 Å². The summed E-state index contributed by atoms with van der Waals surface area (Å²) in [5.74, 6) is 1.57. The van der Waals surface area contributed by atoms with Crippen LogP contribution in [0, 0.1) is 0 Å². The number of halogens is 1. The molecule has 0 fully saturated rings. The monoisotopic (exact) mass is 371 g/mol.